The normalized spacial score (nSPS) is 23.3. The number of nitrogens with zero attached hydrogens (tertiary/aromatic N) is 4. The number of aromatic nitrogens is 2. The summed E-state index contributed by atoms with van der Waals surface area (Å²) in [7, 11) is -3.30. The monoisotopic (exact) mass is 328 g/mol. The van der Waals surface area contributed by atoms with Gasteiger partial charge in [0.1, 0.15) is 0 Å². The molecule has 122 valence electrons. The van der Waals surface area contributed by atoms with Gasteiger partial charge in [0.05, 0.1) is 37.6 Å². The van der Waals surface area contributed by atoms with Crippen LogP contribution in [0.15, 0.2) is 12.3 Å². The highest BCUT2D eigenvalue weighted by molar-refractivity contribution is 7.88. The van der Waals surface area contributed by atoms with Crippen LogP contribution in [0.2, 0.25) is 0 Å². The summed E-state index contributed by atoms with van der Waals surface area (Å²) in [6, 6.07) is 1.48. The van der Waals surface area contributed by atoms with Crippen molar-refractivity contribution in [3.8, 4) is 0 Å². The van der Waals surface area contributed by atoms with Crippen molar-refractivity contribution < 1.29 is 18.0 Å². The first-order valence-corrected chi connectivity index (χ1v) is 9.21. The molecule has 0 radical (unpaired) electrons. The summed E-state index contributed by atoms with van der Waals surface area (Å²) in [5.41, 5.74) is 0.800. The van der Waals surface area contributed by atoms with Gasteiger partial charge in [-0.1, -0.05) is 0 Å². The Morgan fingerprint density at radius 3 is 2.95 bits per heavy atom. The van der Waals surface area contributed by atoms with Crippen LogP contribution in [-0.4, -0.2) is 59.4 Å². The molecule has 1 aromatic heterocycles. The van der Waals surface area contributed by atoms with Crippen LogP contribution >= 0.6 is 0 Å². The number of fused-ring (bicyclic) bond motifs is 1. The van der Waals surface area contributed by atoms with Crippen LogP contribution in [0.5, 0.6) is 0 Å². The van der Waals surface area contributed by atoms with Crippen LogP contribution in [0, 0.1) is 0 Å². The number of rotatable bonds is 3. The molecule has 2 aliphatic heterocycles. The van der Waals surface area contributed by atoms with Crippen molar-refractivity contribution in [2.45, 2.75) is 31.8 Å². The molecule has 1 fully saturated rings. The predicted molar refractivity (Wildman–Crippen MR) is 78.0 cm³/mol. The van der Waals surface area contributed by atoms with Crippen molar-refractivity contribution in [2.24, 2.45) is 0 Å². The highest BCUT2D eigenvalue weighted by Gasteiger charge is 2.33. The Bertz CT molecular complexity index is 651. The van der Waals surface area contributed by atoms with E-state index in [0.29, 0.717) is 19.7 Å². The molecule has 0 bridgehead atoms. The molecule has 0 saturated carbocycles. The Labute approximate surface area is 129 Å². The zero-order valence-corrected chi connectivity index (χ0v) is 13.3. The van der Waals surface area contributed by atoms with Crippen molar-refractivity contribution in [1.82, 2.24) is 19.1 Å². The van der Waals surface area contributed by atoms with E-state index < -0.39 is 10.0 Å². The van der Waals surface area contributed by atoms with Gasteiger partial charge >= 0.3 is 0 Å². The molecule has 1 amide bonds. The van der Waals surface area contributed by atoms with E-state index in [1.165, 1.54) is 15.6 Å². The van der Waals surface area contributed by atoms with Gasteiger partial charge in [0, 0.05) is 19.3 Å². The molecule has 1 atom stereocenters. The Balaban J connectivity index is 1.76. The van der Waals surface area contributed by atoms with Gasteiger partial charge in [-0.05, 0) is 18.9 Å². The van der Waals surface area contributed by atoms with Crippen molar-refractivity contribution in [1.29, 1.82) is 0 Å². The molecule has 22 heavy (non-hydrogen) atoms. The summed E-state index contributed by atoms with van der Waals surface area (Å²) >= 11 is 0. The van der Waals surface area contributed by atoms with E-state index in [1.807, 2.05) is 0 Å². The van der Waals surface area contributed by atoms with Crippen molar-refractivity contribution in [3.63, 3.8) is 0 Å². The maximum atomic E-state index is 12.3. The third kappa shape index (κ3) is 3.16. The van der Waals surface area contributed by atoms with Crippen LogP contribution in [0.3, 0.4) is 0 Å². The van der Waals surface area contributed by atoms with Gasteiger partial charge in [-0.3, -0.25) is 14.3 Å². The fourth-order valence-corrected chi connectivity index (χ4v) is 3.66. The molecule has 0 unspecified atom stereocenters. The molecule has 0 aromatic carbocycles. The Kier molecular flexibility index (Phi) is 4.20. The zero-order valence-electron chi connectivity index (χ0n) is 12.5. The number of hydroxylamine groups is 2. The highest BCUT2D eigenvalue weighted by Crippen LogP contribution is 2.25. The second-order valence-corrected chi connectivity index (χ2v) is 7.70. The van der Waals surface area contributed by atoms with Crippen molar-refractivity contribution in [3.05, 3.63) is 18.0 Å². The molecular formula is C13H20N4O4S. The summed E-state index contributed by atoms with van der Waals surface area (Å²) in [6.45, 7) is 1.70. The molecular weight excluding hydrogens is 308 g/mol. The number of hydrogen-bond donors (Lipinski definition) is 0. The first-order valence-electron chi connectivity index (χ1n) is 7.36. The molecule has 0 aliphatic carbocycles. The number of amides is 1. The SMILES string of the molecule is CS(=O)(=O)N1Cc2ccnn2[C@@H](CC(=O)N2CCCCO2)C1. The number of hydrogen-bond acceptors (Lipinski definition) is 5. The summed E-state index contributed by atoms with van der Waals surface area (Å²) in [5, 5.41) is 5.63. The lowest BCUT2D eigenvalue weighted by Gasteiger charge is -2.33. The molecule has 9 heteroatoms. The van der Waals surface area contributed by atoms with E-state index in [9.17, 15) is 13.2 Å². The lowest BCUT2D eigenvalue weighted by atomic mass is 10.1. The van der Waals surface area contributed by atoms with Crippen LogP contribution < -0.4 is 0 Å². The lowest BCUT2D eigenvalue weighted by Crippen LogP contribution is -2.43. The van der Waals surface area contributed by atoms with E-state index >= 15 is 0 Å². The highest BCUT2D eigenvalue weighted by atomic mass is 32.2. The summed E-state index contributed by atoms with van der Waals surface area (Å²) < 4.78 is 26.8. The second-order valence-electron chi connectivity index (χ2n) is 5.72. The Hall–Kier alpha value is -1.45. The fourth-order valence-electron chi connectivity index (χ4n) is 2.85. The maximum Gasteiger partial charge on any atom is 0.248 e. The first-order chi connectivity index (χ1) is 10.4. The number of carbonyl (C=O) groups is 1. The van der Waals surface area contributed by atoms with E-state index in [4.69, 9.17) is 4.84 Å². The molecule has 8 nitrogen and oxygen atoms in total. The molecule has 0 N–H and O–H groups in total. The number of sulfonamides is 1. The third-order valence-corrected chi connectivity index (χ3v) is 5.23. The fraction of sp³-hybridized carbons (Fsp3) is 0.692. The largest absolute Gasteiger partial charge is 0.273 e. The van der Waals surface area contributed by atoms with E-state index in [0.717, 1.165) is 18.5 Å². The summed E-state index contributed by atoms with van der Waals surface area (Å²) in [5.74, 6) is -0.124. The van der Waals surface area contributed by atoms with E-state index in [2.05, 4.69) is 5.10 Å². The average Bonchev–Trinajstić information content (AvgIpc) is 2.96. The van der Waals surface area contributed by atoms with Gasteiger partial charge in [-0.25, -0.2) is 13.5 Å². The smallest absolute Gasteiger partial charge is 0.248 e. The number of carbonyl (C=O) groups excluding carboxylic acids is 1. The summed E-state index contributed by atoms with van der Waals surface area (Å²) in [4.78, 5) is 17.7. The van der Waals surface area contributed by atoms with Gasteiger partial charge in [0.25, 0.3) is 0 Å². The van der Waals surface area contributed by atoms with Gasteiger partial charge in [0.2, 0.25) is 15.9 Å². The molecule has 2 aliphatic rings. The minimum Gasteiger partial charge on any atom is -0.273 e. The van der Waals surface area contributed by atoms with Crippen molar-refractivity contribution >= 4 is 15.9 Å². The van der Waals surface area contributed by atoms with Gasteiger partial charge in [0.15, 0.2) is 0 Å². The molecule has 3 rings (SSSR count). The van der Waals surface area contributed by atoms with Crippen LogP contribution in [0.25, 0.3) is 0 Å². The van der Waals surface area contributed by atoms with Crippen LogP contribution in [-0.2, 0) is 26.2 Å². The van der Waals surface area contributed by atoms with Crippen LogP contribution in [0.1, 0.15) is 31.0 Å². The molecule has 3 heterocycles. The zero-order chi connectivity index (χ0) is 15.7. The van der Waals surface area contributed by atoms with Gasteiger partial charge in [-0.2, -0.15) is 9.40 Å². The standard InChI is InChI=1S/C13H20N4O4S/c1-22(19,20)15-9-11-4-5-14-17(11)12(10-15)8-13(18)16-6-2-3-7-21-16/h4-5,12H,2-3,6-10H2,1H3/t12-/m0/s1. The topological polar surface area (TPSA) is 84.7 Å². The predicted octanol–water partition coefficient (Wildman–Crippen LogP) is 0.143. The minimum atomic E-state index is -3.30. The Morgan fingerprint density at radius 1 is 1.45 bits per heavy atom. The van der Waals surface area contributed by atoms with Gasteiger partial charge in [-0.15, -0.1) is 0 Å². The van der Waals surface area contributed by atoms with E-state index in [1.54, 1.807) is 16.9 Å². The second kappa shape index (κ2) is 5.98. The first kappa shape index (κ1) is 15.4. The lowest BCUT2D eigenvalue weighted by molar-refractivity contribution is -0.198. The molecule has 0 spiro atoms. The summed E-state index contributed by atoms with van der Waals surface area (Å²) in [6.07, 6.45) is 4.89. The third-order valence-electron chi connectivity index (χ3n) is 4.01. The minimum absolute atomic E-state index is 0.124. The quantitative estimate of drug-likeness (QED) is 0.788. The van der Waals surface area contributed by atoms with Crippen LogP contribution in [0.4, 0.5) is 0 Å². The maximum absolute atomic E-state index is 12.3. The van der Waals surface area contributed by atoms with Gasteiger partial charge < -0.3 is 0 Å². The van der Waals surface area contributed by atoms with E-state index in [-0.39, 0.29) is 24.9 Å². The molecule has 1 saturated heterocycles. The van der Waals surface area contributed by atoms with Crippen molar-refractivity contribution in [2.75, 3.05) is 26.0 Å². The molecule has 1 aromatic rings. The average molecular weight is 328 g/mol. The Morgan fingerprint density at radius 2 is 2.27 bits per heavy atom.